The second kappa shape index (κ2) is 3.49. The summed E-state index contributed by atoms with van der Waals surface area (Å²) in [5, 5.41) is 0. The molecule has 4 rings (SSSR count). The maximum absolute atomic E-state index is 12.0. The topological polar surface area (TPSA) is 38.8 Å². The predicted molar refractivity (Wildman–Crippen MR) is 58.6 cm³/mol. The molecular formula is C12H13NO3. The van der Waals surface area contributed by atoms with Crippen LogP contribution in [0.25, 0.3) is 0 Å². The molecule has 1 aromatic carbocycles. The molecule has 0 N–H and O–H groups in total. The molecule has 0 aliphatic carbocycles. The number of amides is 1. The maximum Gasteiger partial charge on any atom is 0.256 e. The van der Waals surface area contributed by atoms with Crippen LogP contribution in [0.4, 0.5) is 5.69 Å². The van der Waals surface area contributed by atoms with Crippen molar-refractivity contribution < 1.29 is 14.3 Å². The van der Waals surface area contributed by atoms with Gasteiger partial charge >= 0.3 is 0 Å². The van der Waals surface area contributed by atoms with Crippen molar-refractivity contribution in [1.82, 2.24) is 0 Å². The van der Waals surface area contributed by atoms with Crippen LogP contribution in [0.1, 0.15) is 6.42 Å². The molecule has 1 aromatic rings. The second-order valence-corrected chi connectivity index (χ2v) is 4.10. The van der Waals surface area contributed by atoms with E-state index in [1.165, 1.54) is 0 Å². The Morgan fingerprint density at radius 3 is 2.88 bits per heavy atom. The van der Waals surface area contributed by atoms with E-state index in [9.17, 15) is 4.79 Å². The number of morpholine rings is 1. The Morgan fingerprint density at radius 1 is 1.44 bits per heavy atom. The van der Waals surface area contributed by atoms with Crippen molar-refractivity contribution in [2.24, 2.45) is 0 Å². The molecule has 3 aliphatic rings. The van der Waals surface area contributed by atoms with Crippen LogP contribution in [0.15, 0.2) is 24.3 Å². The summed E-state index contributed by atoms with van der Waals surface area (Å²) in [6, 6.07) is 7.57. The van der Waals surface area contributed by atoms with Gasteiger partial charge < -0.3 is 14.4 Å². The first-order valence-electron chi connectivity index (χ1n) is 5.39. The highest BCUT2D eigenvalue weighted by atomic mass is 16.5. The summed E-state index contributed by atoms with van der Waals surface area (Å²) in [6.45, 7) is 0.635. The number of para-hydroxylation sites is 2. The van der Waals surface area contributed by atoms with Crippen molar-refractivity contribution in [3.8, 4) is 5.75 Å². The molecule has 0 radical (unpaired) electrons. The quantitative estimate of drug-likeness (QED) is 0.750. The second-order valence-electron chi connectivity index (χ2n) is 4.10. The molecule has 84 valence electrons. The van der Waals surface area contributed by atoms with Gasteiger partial charge in [-0.1, -0.05) is 12.1 Å². The third-order valence-electron chi connectivity index (χ3n) is 3.14. The van der Waals surface area contributed by atoms with E-state index in [1.807, 2.05) is 24.3 Å². The normalized spacial score (nSPS) is 27.6. The Labute approximate surface area is 93.8 Å². The minimum atomic E-state index is -0.233. The van der Waals surface area contributed by atoms with Gasteiger partial charge in [0.15, 0.2) is 0 Å². The minimum absolute atomic E-state index is 0.0481. The summed E-state index contributed by atoms with van der Waals surface area (Å²) < 4.78 is 10.6. The number of hydrogen-bond donors (Lipinski definition) is 0. The Kier molecular flexibility index (Phi) is 2.11. The summed E-state index contributed by atoms with van der Waals surface area (Å²) in [7, 11) is 1.62. The molecule has 3 aliphatic heterocycles. The molecule has 1 amide bonds. The fourth-order valence-electron chi connectivity index (χ4n) is 2.27. The van der Waals surface area contributed by atoms with Gasteiger partial charge in [-0.15, -0.1) is 0 Å². The average Bonchev–Trinajstić information content (AvgIpc) is 2.28. The lowest BCUT2D eigenvalue weighted by atomic mass is 9.97. The van der Waals surface area contributed by atoms with Crippen LogP contribution in [0.3, 0.4) is 0 Å². The molecular weight excluding hydrogens is 206 g/mol. The first kappa shape index (κ1) is 9.66. The van der Waals surface area contributed by atoms with Gasteiger partial charge in [0.05, 0.1) is 25.4 Å². The van der Waals surface area contributed by atoms with Gasteiger partial charge in [-0.2, -0.15) is 0 Å². The summed E-state index contributed by atoms with van der Waals surface area (Å²) in [5.41, 5.74) is 0.841. The van der Waals surface area contributed by atoms with Gasteiger partial charge in [0.1, 0.15) is 11.9 Å². The summed E-state index contributed by atoms with van der Waals surface area (Å²) in [5.74, 6) is 0.782. The molecule has 4 nitrogen and oxygen atoms in total. The maximum atomic E-state index is 12.0. The van der Waals surface area contributed by atoms with Gasteiger partial charge in [0.2, 0.25) is 0 Å². The van der Waals surface area contributed by atoms with Crippen LogP contribution < -0.4 is 9.64 Å². The molecule has 3 fully saturated rings. The fraction of sp³-hybridized carbons (Fsp3) is 0.417. The minimum Gasteiger partial charge on any atom is -0.495 e. The molecule has 3 heterocycles. The number of anilines is 1. The van der Waals surface area contributed by atoms with Crippen molar-refractivity contribution in [3.63, 3.8) is 0 Å². The summed E-state index contributed by atoms with van der Waals surface area (Å²) >= 11 is 0. The molecule has 2 unspecified atom stereocenters. The first-order valence-corrected chi connectivity index (χ1v) is 5.39. The van der Waals surface area contributed by atoms with Gasteiger partial charge in [0.25, 0.3) is 5.91 Å². The zero-order valence-electron chi connectivity index (χ0n) is 9.05. The number of methoxy groups -OCH3 is 1. The number of carbonyl (C=O) groups excluding carboxylic acids is 1. The molecule has 0 spiro atoms. The van der Waals surface area contributed by atoms with Crippen LogP contribution in [0, 0.1) is 0 Å². The number of rotatable bonds is 2. The highest BCUT2D eigenvalue weighted by molar-refractivity contribution is 5.99. The molecule has 4 heteroatoms. The van der Waals surface area contributed by atoms with Crippen LogP contribution in [-0.4, -0.2) is 31.8 Å². The van der Waals surface area contributed by atoms with Crippen LogP contribution >= 0.6 is 0 Å². The number of fused-ring (bicyclic) bond motifs is 2. The van der Waals surface area contributed by atoms with Crippen molar-refractivity contribution in [3.05, 3.63) is 24.3 Å². The Balaban J connectivity index is 1.94. The monoisotopic (exact) mass is 219 g/mol. The van der Waals surface area contributed by atoms with E-state index >= 15 is 0 Å². The fourth-order valence-corrected chi connectivity index (χ4v) is 2.27. The lowest BCUT2D eigenvalue weighted by molar-refractivity contribution is -0.169. The standard InChI is InChI=1S/C12H13NO3/c1-15-10-5-3-2-4-9(10)13-7-8-6-11(16-8)12(13)14/h2-5,8,11H,6-7H2,1H3. The van der Waals surface area contributed by atoms with Crippen LogP contribution in [0.5, 0.6) is 5.75 Å². The van der Waals surface area contributed by atoms with Gasteiger partial charge in [0, 0.05) is 6.42 Å². The lowest BCUT2D eigenvalue weighted by Gasteiger charge is -2.46. The highest BCUT2D eigenvalue weighted by Gasteiger charge is 2.45. The van der Waals surface area contributed by atoms with E-state index < -0.39 is 0 Å². The van der Waals surface area contributed by atoms with Crippen LogP contribution in [-0.2, 0) is 9.53 Å². The molecule has 0 aromatic heterocycles. The van der Waals surface area contributed by atoms with E-state index in [1.54, 1.807) is 12.0 Å². The van der Waals surface area contributed by atoms with E-state index in [4.69, 9.17) is 9.47 Å². The summed E-state index contributed by atoms with van der Waals surface area (Å²) in [4.78, 5) is 13.7. The number of ether oxygens (including phenoxy) is 2. The third kappa shape index (κ3) is 1.30. The van der Waals surface area contributed by atoms with Crippen molar-refractivity contribution in [2.75, 3.05) is 18.6 Å². The number of nitrogens with zero attached hydrogens (tertiary/aromatic N) is 1. The van der Waals surface area contributed by atoms with E-state index in [0.29, 0.717) is 6.54 Å². The smallest absolute Gasteiger partial charge is 0.256 e. The van der Waals surface area contributed by atoms with E-state index in [2.05, 4.69) is 0 Å². The van der Waals surface area contributed by atoms with Gasteiger partial charge in [-0.05, 0) is 12.1 Å². The zero-order chi connectivity index (χ0) is 11.1. The molecule has 2 bridgehead atoms. The highest BCUT2D eigenvalue weighted by Crippen LogP contribution is 2.36. The Morgan fingerprint density at radius 2 is 2.19 bits per heavy atom. The lowest BCUT2D eigenvalue weighted by Crippen LogP contribution is -2.61. The Bertz CT molecular complexity index is 426. The zero-order valence-corrected chi connectivity index (χ0v) is 9.05. The van der Waals surface area contributed by atoms with E-state index in [-0.39, 0.29) is 18.1 Å². The van der Waals surface area contributed by atoms with Crippen molar-refractivity contribution in [1.29, 1.82) is 0 Å². The van der Waals surface area contributed by atoms with Crippen LogP contribution in [0.2, 0.25) is 0 Å². The van der Waals surface area contributed by atoms with Gasteiger partial charge in [-0.3, -0.25) is 4.79 Å². The number of benzene rings is 1. The largest absolute Gasteiger partial charge is 0.495 e. The molecule has 3 saturated heterocycles. The molecule has 0 saturated carbocycles. The van der Waals surface area contributed by atoms with Crippen molar-refractivity contribution in [2.45, 2.75) is 18.6 Å². The number of piperidine rings is 1. The number of carbonyl (C=O) groups is 1. The predicted octanol–water partition coefficient (Wildman–Crippen LogP) is 1.20. The first-order chi connectivity index (χ1) is 7.79. The number of hydrogen-bond acceptors (Lipinski definition) is 3. The Hall–Kier alpha value is -1.55. The SMILES string of the molecule is COc1ccccc1N1CC2CC(O2)C1=O. The van der Waals surface area contributed by atoms with E-state index in [0.717, 1.165) is 17.9 Å². The van der Waals surface area contributed by atoms with Gasteiger partial charge in [-0.25, -0.2) is 0 Å². The average molecular weight is 219 g/mol. The third-order valence-corrected chi connectivity index (χ3v) is 3.14. The molecule has 2 atom stereocenters. The molecule has 16 heavy (non-hydrogen) atoms. The van der Waals surface area contributed by atoms with Crippen molar-refractivity contribution >= 4 is 11.6 Å². The summed E-state index contributed by atoms with van der Waals surface area (Å²) in [6.07, 6.45) is 0.834.